The summed E-state index contributed by atoms with van der Waals surface area (Å²) in [5.74, 6) is 0.129. The molecule has 1 N–H and O–H groups in total. The van der Waals surface area contributed by atoms with E-state index >= 15 is 0 Å². The Morgan fingerprint density at radius 1 is 1.24 bits per heavy atom. The number of rotatable bonds is 8. The molecule has 3 aromatic rings. The summed E-state index contributed by atoms with van der Waals surface area (Å²) in [6, 6.07) is 6.34. The van der Waals surface area contributed by atoms with Crippen LogP contribution in [0.1, 0.15) is 44.5 Å². The van der Waals surface area contributed by atoms with Crippen LogP contribution in [0, 0.1) is 18.8 Å². The number of fused-ring (bicyclic) bond motifs is 1. The molecule has 8 heteroatoms. The molecule has 0 bridgehead atoms. The van der Waals surface area contributed by atoms with Crippen molar-refractivity contribution in [2.75, 3.05) is 0 Å². The summed E-state index contributed by atoms with van der Waals surface area (Å²) < 4.78 is 5.96. The molecule has 2 atom stereocenters. The number of aliphatic imine (C=N–C) groups is 1. The number of ketones is 1. The molecule has 1 aliphatic carbocycles. The van der Waals surface area contributed by atoms with Crippen molar-refractivity contribution < 1.29 is 19.4 Å². The maximum atomic E-state index is 12.3. The molecular formula is C26H28N4O4. The quantitative estimate of drug-likeness (QED) is 0.523. The fourth-order valence-corrected chi connectivity index (χ4v) is 4.23. The van der Waals surface area contributed by atoms with Crippen LogP contribution in [-0.4, -0.2) is 43.6 Å². The molecule has 34 heavy (non-hydrogen) atoms. The van der Waals surface area contributed by atoms with Crippen molar-refractivity contribution in [3.8, 4) is 11.6 Å². The van der Waals surface area contributed by atoms with Gasteiger partial charge in [0.1, 0.15) is 11.5 Å². The summed E-state index contributed by atoms with van der Waals surface area (Å²) in [6.07, 6.45) is 6.78. The monoisotopic (exact) mass is 460 g/mol. The van der Waals surface area contributed by atoms with Gasteiger partial charge in [-0.1, -0.05) is 13.8 Å². The number of carboxylic acid groups (broad SMARTS) is 1. The van der Waals surface area contributed by atoms with E-state index in [2.05, 4.69) is 33.8 Å². The fraction of sp³-hybridized carbons (Fsp3) is 0.385. The first-order valence-corrected chi connectivity index (χ1v) is 11.5. The molecule has 2 unspecified atom stereocenters. The van der Waals surface area contributed by atoms with Gasteiger partial charge in [-0.25, -0.2) is 9.78 Å². The van der Waals surface area contributed by atoms with Crippen LogP contribution >= 0.6 is 0 Å². The molecule has 3 heterocycles. The van der Waals surface area contributed by atoms with E-state index in [1.165, 1.54) is 0 Å². The Labute approximate surface area is 198 Å². The molecule has 0 aliphatic heterocycles. The molecule has 4 rings (SSSR count). The number of Topliss-reactive ketones (excluding diaryl/α,β-unsaturated/α-hetero) is 1. The van der Waals surface area contributed by atoms with Crippen molar-refractivity contribution >= 4 is 28.2 Å². The summed E-state index contributed by atoms with van der Waals surface area (Å²) in [4.78, 5) is 41.7. The first-order chi connectivity index (χ1) is 16.3. The molecule has 176 valence electrons. The molecule has 0 aromatic carbocycles. The maximum absolute atomic E-state index is 12.3. The molecule has 1 fully saturated rings. The second kappa shape index (κ2) is 10.1. The number of aromatic nitrogens is 3. The van der Waals surface area contributed by atoms with Crippen LogP contribution in [0.25, 0.3) is 10.8 Å². The third kappa shape index (κ3) is 5.44. The third-order valence-corrected chi connectivity index (χ3v) is 5.87. The van der Waals surface area contributed by atoms with Crippen molar-refractivity contribution in [1.82, 2.24) is 15.0 Å². The first-order valence-electron chi connectivity index (χ1n) is 11.5. The van der Waals surface area contributed by atoms with Crippen molar-refractivity contribution in [1.29, 1.82) is 0 Å². The van der Waals surface area contributed by atoms with E-state index in [1.807, 2.05) is 19.1 Å². The highest BCUT2D eigenvalue weighted by Crippen LogP contribution is 2.29. The predicted octanol–water partition coefficient (Wildman–Crippen LogP) is 4.59. The number of carboxylic acids is 1. The smallest absolute Gasteiger partial charge is 0.328 e. The maximum Gasteiger partial charge on any atom is 0.328 e. The van der Waals surface area contributed by atoms with Crippen LogP contribution in [0.3, 0.4) is 0 Å². The van der Waals surface area contributed by atoms with Crippen molar-refractivity contribution in [3.05, 3.63) is 54.2 Å². The van der Waals surface area contributed by atoms with E-state index in [9.17, 15) is 14.7 Å². The van der Waals surface area contributed by atoms with Crippen molar-refractivity contribution in [2.24, 2.45) is 16.8 Å². The topological polar surface area (TPSA) is 115 Å². The SMILES string of the molecule is Cc1cc2ccncc2c(Oc2ccc(CC(N=C3CCC(=O)C3CC(C)C)C(=O)O)nc2)n1. The lowest BCUT2D eigenvalue weighted by Crippen LogP contribution is -2.25. The Morgan fingerprint density at radius 3 is 2.76 bits per heavy atom. The Balaban J connectivity index is 1.50. The van der Waals surface area contributed by atoms with E-state index in [4.69, 9.17) is 4.74 Å². The molecule has 0 spiro atoms. The zero-order valence-electron chi connectivity index (χ0n) is 19.6. The predicted molar refractivity (Wildman–Crippen MR) is 128 cm³/mol. The summed E-state index contributed by atoms with van der Waals surface area (Å²) in [5.41, 5.74) is 2.11. The van der Waals surface area contributed by atoms with E-state index in [0.29, 0.717) is 48.2 Å². The second-order valence-electron chi connectivity index (χ2n) is 9.08. The van der Waals surface area contributed by atoms with Crippen LogP contribution in [-0.2, 0) is 16.0 Å². The number of carbonyl (C=O) groups is 2. The van der Waals surface area contributed by atoms with E-state index in [-0.39, 0.29) is 18.1 Å². The average Bonchev–Trinajstić information content (AvgIpc) is 3.13. The lowest BCUT2D eigenvalue weighted by atomic mass is 9.93. The number of carbonyl (C=O) groups excluding carboxylic acids is 1. The van der Waals surface area contributed by atoms with Gasteiger partial charge >= 0.3 is 5.97 Å². The number of nitrogens with zero attached hydrogens (tertiary/aromatic N) is 4. The number of aryl methyl sites for hydroxylation is 1. The zero-order valence-corrected chi connectivity index (χ0v) is 19.6. The number of ether oxygens (including phenoxy) is 1. The van der Waals surface area contributed by atoms with Gasteiger partial charge in [0.25, 0.3) is 0 Å². The lowest BCUT2D eigenvalue weighted by Gasteiger charge is -2.15. The Hall–Kier alpha value is -3.68. The van der Waals surface area contributed by atoms with Gasteiger partial charge in [-0.3, -0.25) is 19.8 Å². The van der Waals surface area contributed by atoms with Crippen LogP contribution in [0.15, 0.2) is 47.8 Å². The lowest BCUT2D eigenvalue weighted by molar-refractivity contribution is -0.138. The van der Waals surface area contributed by atoms with Gasteiger partial charge < -0.3 is 9.84 Å². The van der Waals surface area contributed by atoms with Gasteiger partial charge in [-0.2, -0.15) is 0 Å². The summed E-state index contributed by atoms with van der Waals surface area (Å²) in [7, 11) is 0. The first kappa shape index (κ1) is 23.5. The molecule has 1 saturated carbocycles. The normalized spacial score (nSPS) is 18.1. The van der Waals surface area contributed by atoms with Gasteiger partial charge in [0.05, 0.1) is 17.5 Å². The largest absolute Gasteiger partial charge is 0.480 e. The minimum atomic E-state index is -1.03. The number of aliphatic carboxylic acids is 1. The van der Waals surface area contributed by atoms with Crippen LogP contribution < -0.4 is 4.74 Å². The summed E-state index contributed by atoms with van der Waals surface area (Å²) >= 11 is 0. The van der Waals surface area contributed by atoms with Crippen molar-refractivity contribution in [3.63, 3.8) is 0 Å². The minimum absolute atomic E-state index is 0.136. The van der Waals surface area contributed by atoms with E-state index < -0.39 is 12.0 Å². The van der Waals surface area contributed by atoms with Crippen LogP contribution in [0.4, 0.5) is 0 Å². The number of hydrogen-bond acceptors (Lipinski definition) is 7. The molecule has 8 nitrogen and oxygen atoms in total. The van der Waals surface area contributed by atoms with E-state index in [0.717, 1.165) is 16.5 Å². The fourth-order valence-electron chi connectivity index (χ4n) is 4.23. The minimum Gasteiger partial charge on any atom is -0.480 e. The third-order valence-electron chi connectivity index (χ3n) is 5.87. The molecule has 0 saturated heterocycles. The highest BCUT2D eigenvalue weighted by Gasteiger charge is 2.33. The van der Waals surface area contributed by atoms with Gasteiger partial charge in [-0.15, -0.1) is 0 Å². The van der Waals surface area contributed by atoms with Gasteiger partial charge in [0, 0.05) is 42.3 Å². The summed E-state index contributed by atoms with van der Waals surface area (Å²) in [5, 5.41) is 11.5. The van der Waals surface area contributed by atoms with Crippen LogP contribution in [0.5, 0.6) is 11.6 Å². The zero-order chi connectivity index (χ0) is 24.2. The molecule has 1 aliphatic rings. The Bertz CT molecular complexity index is 1240. The molecule has 0 amide bonds. The summed E-state index contributed by atoms with van der Waals surface area (Å²) in [6.45, 7) is 6.00. The van der Waals surface area contributed by atoms with Gasteiger partial charge in [0.2, 0.25) is 5.88 Å². The molecular weight excluding hydrogens is 432 g/mol. The van der Waals surface area contributed by atoms with Crippen molar-refractivity contribution in [2.45, 2.75) is 52.5 Å². The molecule has 0 radical (unpaired) electrons. The van der Waals surface area contributed by atoms with Crippen LogP contribution in [0.2, 0.25) is 0 Å². The Kier molecular flexibility index (Phi) is 6.95. The second-order valence-corrected chi connectivity index (χ2v) is 9.08. The van der Waals surface area contributed by atoms with Gasteiger partial charge in [0.15, 0.2) is 6.04 Å². The number of hydrogen-bond donors (Lipinski definition) is 1. The average molecular weight is 461 g/mol. The number of pyridine rings is 3. The molecule has 3 aromatic heterocycles. The van der Waals surface area contributed by atoms with E-state index in [1.54, 1.807) is 30.7 Å². The van der Waals surface area contributed by atoms with Gasteiger partial charge in [-0.05, 0) is 55.3 Å². The highest BCUT2D eigenvalue weighted by atomic mass is 16.5. The standard InChI is InChI=1S/C26H28N4O4/c1-15(2)10-20-22(6-7-24(20)31)30-23(26(32)33)12-18-4-5-19(13-28-18)34-25-21-14-27-9-8-17(21)11-16(3)29-25/h4-5,8-9,11,13-15,20,23H,6-7,10,12H2,1-3H3,(H,32,33). The highest BCUT2D eigenvalue weighted by molar-refractivity contribution is 6.11. The Morgan fingerprint density at radius 2 is 2.06 bits per heavy atom.